The van der Waals surface area contributed by atoms with Gasteiger partial charge in [0.1, 0.15) is 5.75 Å². The SMILES string of the molecule is Cc1cc(OC(=O)C(C)C)cc(C)c1Br. The molecular formula is C12H15BrO2. The lowest BCUT2D eigenvalue weighted by molar-refractivity contribution is -0.137. The van der Waals surface area contributed by atoms with E-state index < -0.39 is 0 Å². The number of aryl methyl sites for hydroxylation is 2. The average molecular weight is 271 g/mol. The van der Waals surface area contributed by atoms with Crippen molar-refractivity contribution in [1.82, 2.24) is 0 Å². The van der Waals surface area contributed by atoms with Crippen LogP contribution in [0.1, 0.15) is 25.0 Å². The van der Waals surface area contributed by atoms with Gasteiger partial charge in [-0.3, -0.25) is 4.79 Å². The maximum atomic E-state index is 11.4. The maximum Gasteiger partial charge on any atom is 0.313 e. The zero-order valence-corrected chi connectivity index (χ0v) is 11.0. The Hall–Kier alpha value is -0.830. The Balaban J connectivity index is 2.93. The third kappa shape index (κ3) is 3.06. The van der Waals surface area contributed by atoms with Gasteiger partial charge in [-0.05, 0) is 37.1 Å². The predicted octanol–water partition coefficient (Wildman–Crippen LogP) is 3.63. The maximum absolute atomic E-state index is 11.4. The number of rotatable bonds is 2. The number of benzene rings is 1. The lowest BCUT2D eigenvalue weighted by Crippen LogP contribution is -2.14. The second-order valence-corrected chi connectivity index (χ2v) is 4.74. The molecule has 0 radical (unpaired) electrons. The molecule has 1 aromatic carbocycles. The van der Waals surface area contributed by atoms with Gasteiger partial charge in [0.25, 0.3) is 0 Å². The molecule has 0 amide bonds. The molecule has 0 saturated heterocycles. The Bertz CT molecular complexity index is 360. The number of ether oxygens (including phenoxy) is 1. The van der Waals surface area contributed by atoms with Gasteiger partial charge in [-0.25, -0.2) is 0 Å². The number of carbonyl (C=O) groups excluding carboxylic acids is 1. The average Bonchev–Trinajstić information content (AvgIpc) is 2.13. The number of hydrogen-bond acceptors (Lipinski definition) is 2. The first-order valence-corrected chi connectivity index (χ1v) is 5.69. The second kappa shape index (κ2) is 4.79. The molecule has 0 saturated carbocycles. The van der Waals surface area contributed by atoms with Crippen molar-refractivity contribution in [3.63, 3.8) is 0 Å². The van der Waals surface area contributed by atoms with Crippen molar-refractivity contribution in [2.75, 3.05) is 0 Å². The summed E-state index contributed by atoms with van der Waals surface area (Å²) in [6, 6.07) is 3.72. The first-order chi connectivity index (χ1) is 6.91. The van der Waals surface area contributed by atoms with E-state index in [0.29, 0.717) is 5.75 Å². The smallest absolute Gasteiger partial charge is 0.313 e. The Labute approximate surface area is 98.8 Å². The fourth-order valence-corrected chi connectivity index (χ4v) is 1.43. The molecule has 0 atom stereocenters. The molecule has 15 heavy (non-hydrogen) atoms. The molecule has 0 unspecified atom stereocenters. The van der Waals surface area contributed by atoms with E-state index in [2.05, 4.69) is 15.9 Å². The largest absolute Gasteiger partial charge is 0.426 e. The topological polar surface area (TPSA) is 26.3 Å². The molecular weight excluding hydrogens is 256 g/mol. The molecule has 0 heterocycles. The molecule has 0 aliphatic rings. The minimum absolute atomic E-state index is 0.103. The van der Waals surface area contributed by atoms with Crippen LogP contribution in [-0.4, -0.2) is 5.97 Å². The normalized spacial score (nSPS) is 10.5. The molecule has 0 spiro atoms. The van der Waals surface area contributed by atoms with Crippen molar-refractivity contribution in [3.05, 3.63) is 27.7 Å². The van der Waals surface area contributed by atoms with Crippen molar-refractivity contribution in [2.45, 2.75) is 27.7 Å². The molecule has 0 aliphatic carbocycles. The summed E-state index contributed by atoms with van der Waals surface area (Å²) < 4.78 is 6.29. The van der Waals surface area contributed by atoms with Crippen LogP contribution in [0.5, 0.6) is 5.75 Å². The third-order valence-electron chi connectivity index (χ3n) is 2.10. The summed E-state index contributed by atoms with van der Waals surface area (Å²) in [7, 11) is 0. The van der Waals surface area contributed by atoms with Gasteiger partial charge in [0.2, 0.25) is 0 Å². The molecule has 0 N–H and O–H groups in total. The van der Waals surface area contributed by atoms with E-state index in [1.807, 2.05) is 39.8 Å². The van der Waals surface area contributed by atoms with E-state index >= 15 is 0 Å². The van der Waals surface area contributed by atoms with Crippen molar-refractivity contribution in [1.29, 1.82) is 0 Å². The fraction of sp³-hybridized carbons (Fsp3) is 0.417. The van der Waals surface area contributed by atoms with Gasteiger partial charge in [0.05, 0.1) is 5.92 Å². The van der Waals surface area contributed by atoms with Crippen LogP contribution in [0.4, 0.5) is 0 Å². The molecule has 0 aliphatic heterocycles. The van der Waals surface area contributed by atoms with E-state index in [0.717, 1.165) is 15.6 Å². The summed E-state index contributed by atoms with van der Waals surface area (Å²) in [5.41, 5.74) is 2.14. The first kappa shape index (κ1) is 12.2. The van der Waals surface area contributed by atoms with Crippen LogP contribution in [0.2, 0.25) is 0 Å². The fourth-order valence-electron chi connectivity index (χ4n) is 1.20. The highest BCUT2D eigenvalue weighted by Crippen LogP contribution is 2.26. The Kier molecular flexibility index (Phi) is 3.91. The third-order valence-corrected chi connectivity index (χ3v) is 3.35. The highest BCUT2D eigenvalue weighted by atomic mass is 79.9. The van der Waals surface area contributed by atoms with Crippen LogP contribution in [0.25, 0.3) is 0 Å². The zero-order chi connectivity index (χ0) is 11.6. The lowest BCUT2D eigenvalue weighted by Gasteiger charge is -2.10. The van der Waals surface area contributed by atoms with Gasteiger partial charge in [-0.1, -0.05) is 29.8 Å². The first-order valence-electron chi connectivity index (χ1n) is 4.90. The Morgan fingerprint density at radius 2 is 1.73 bits per heavy atom. The van der Waals surface area contributed by atoms with Crippen molar-refractivity contribution >= 4 is 21.9 Å². The number of esters is 1. The van der Waals surface area contributed by atoms with Crippen molar-refractivity contribution in [3.8, 4) is 5.75 Å². The van der Waals surface area contributed by atoms with Crippen molar-refractivity contribution < 1.29 is 9.53 Å². The van der Waals surface area contributed by atoms with Gasteiger partial charge < -0.3 is 4.74 Å². The standard InChI is InChI=1S/C12H15BrO2/c1-7(2)12(14)15-10-5-8(3)11(13)9(4)6-10/h5-7H,1-4H3. The monoisotopic (exact) mass is 270 g/mol. The quantitative estimate of drug-likeness (QED) is 0.606. The Morgan fingerprint density at radius 3 is 2.13 bits per heavy atom. The van der Waals surface area contributed by atoms with Crippen LogP contribution in [0.3, 0.4) is 0 Å². The highest BCUT2D eigenvalue weighted by molar-refractivity contribution is 9.10. The van der Waals surface area contributed by atoms with E-state index in [1.54, 1.807) is 0 Å². The zero-order valence-electron chi connectivity index (χ0n) is 9.43. The molecule has 2 nitrogen and oxygen atoms in total. The van der Waals surface area contributed by atoms with Crippen LogP contribution < -0.4 is 4.74 Å². The molecule has 1 rings (SSSR count). The van der Waals surface area contributed by atoms with Gasteiger partial charge in [0.15, 0.2) is 0 Å². The van der Waals surface area contributed by atoms with Gasteiger partial charge in [-0.2, -0.15) is 0 Å². The number of hydrogen-bond donors (Lipinski definition) is 0. The molecule has 0 aromatic heterocycles. The summed E-state index contributed by atoms with van der Waals surface area (Å²) in [5.74, 6) is 0.317. The van der Waals surface area contributed by atoms with E-state index in [9.17, 15) is 4.79 Å². The highest BCUT2D eigenvalue weighted by Gasteiger charge is 2.11. The summed E-state index contributed by atoms with van der Waals surface area (Å²) in [5, 5.41) is 0. The molecule has 0 fully saturated rings. The van der Waals surface area contributed by atoms with Crippen LogP contribution >= 0.6 is 15.9 Å². The van der Waals surface area contributed by atoms with Crippen molar-refractivity contribution in [2.24, 2.45) is 5.92 Å². The van der Waals surface area contributed by atoms with Gasteiger partial charge in [0, 0.05) is 4.47 Å². The van der Waals surface area contributed by atoms with E-state index in [4.69, 9.17) is 4.74 Å². The summed E-state index contributed by atoms with van der Waals surface area (Å²) in [4.78, 5) is 11.4. The van der Waals surface area contributed by atoms with E-state index in [1.165, 1.54) is 0 Å². The number of halogens is 1. The van der Waals surface area contributed by atoms with Crippen LogP contribution in [-0.2, 0) is 4.79 Å². The molecule has 3 heteroatoms. The molecule has 82 valence electrons. The summed E-state index contributed by atoms with van der Waals surface area (Å²) in [6.45, 7) is 7.59. The summed E-state index contributed by atoms with van der Waals surface area (Å²) in [6.07, 6.45) is 0. The molecule has 1 aromatic rings. The predicted molar refractivity (Wildman–Crippen MR) is 64.1 cm³/mol. The van der Waals surface area contributed by atoms with E-state index in [-0.39, 0.29) is 11.9 Å². The minimum atomic E-state index is -0.198. The lowest BCUT2D eigenvalue weighted by atomic mass is 10.1. The summed E-state index contributed by atoms with van der Waals surface area (Å²) >= 11 is 3.47. The Morgan fingerprint density at radius 1 is 1.27 bits per heavy atom. The van der Waals surface area contributed by atoms with Gasteiger partial charge >= 0.3 is 5.97 Å². The van der Waals surface area contributed by atoms with Crippen LogP contribution in [0, 0.1) is 19.8 Å². The second-order valence-electron chi connectivity index (χ2n) is 3.95. The minimum Gasteiger partial charge on any atom is -0.426 e. The number of carbonyl (C=O) groups is 1. The molecule has 0 bridgehead atoms. The van der Waals surface area contributed by atoms with Crippen LogP contribution in [0.15, 0.2) is 16.6 Å². The van der Waals surface area contributed by atoms with Gasteiger partial charge in [-0.15, -0.1) is 0 Å².